The Morgan fingerprint density at radius 3 is 3.04 bits per heavy atom. The Bertz CT molecular complexity index is 827. The fourth-order valence-electron chi connectivity index (χ4n) is 3.60. The van der Waals surface area contributed by atoms with Crippen LogP contribution in [0.5, 0.6) is 5.75 Å². The predicted molar refractivity (Wildman–Crippen MR) is 93.4 cm³/mol. The van der Waals surface area contributed by atoms with Crippen LogP contribution in [0, 0.1) is 0 Å². The predicted octanol–water partition coefficient (Wildman–Crippen LogP) is 2.36. The summed E-state index contributed by atoms with van der Waals surface area (Å²) >= 11 is 0. The van der Waals surface area contributed by atoms with Crippen LogP contribution in [-0.2, 0) is 22.6 Å². The summed E-state index contributed by atoms with van der Waals surface area (Å²) in [6.45, 7) is 3.58. The van der Waals surface area contributed by atoms with Gasteiger partial charge >= 0.3 is 0 Å². The topological polar surface area (TPSA) is 63.6 Å². The number of rotatable bonds is 3. The van der Waals surface area contributed by atoms with E-state index in [0.717, 1.165) is 23.5 Å². The number of aryl methyl sites for hydroxylation is 1. The maximum atomic E-state index is 12.6. The van der Waals surface area contributed by atoms with Gasteiger partial charge in [0.05, 0.1) is 6.04 Å². The van der Waals surface area contributed by atoms with Crippen LogP contribution < -0.4 is 10.1 Å². The standard InChI is InChI=1S/C19H21N3O3/c1-13-17-3-2-8-21(17)9-10-22(13)19(24)12-25-15-5-6-16-14(11-15)4-7-18(23)20-16/h2-3,5-6,8,11,13H,4,7,9-10,12H2,1H3,(H,20,23)/t13-/m0/s1. The van der Waals surface area contributed by atoms with Crippen molar-refractivity contribution < 1.29 is 14.3 Å². The van der Waals surface area contributed by atoms with Crippen LogP contribution in [0.2, 0.25) is 0 Å². The van der Waals surface area contributed by atoms with E-state index in [1.807, 2.05) is 30.0 Å². The van der Waals surface area contributed by atoms with Crippen LogP contribution >= 0.6 is 0 Å². The van der Waals surface area contributed by atoms with Crippen molar-refractivity contribution in [3.8, 4) is 5.75 Å². The number of anilines is 1. The summed E-state index contributed by atoms with van der Waals surface area (Å²) in [5, 5.41) is 2.84. The number of carbonyl (C=O) groups is 2. The first-order chi connectivity index (χ1) is 12.1. The van der Waals surface area contributed by atoms with E-state index < -0.39 is 0 Å². The third-order valence-corrected chi connectivity index (χ3v) is 5.00. The number of aromatic nitrogens is 1. The van der Waals surface area contributed by atoms with E-state index in [2.05, 4.69) is 22.1 Å². The van der Waals surface area contributed by atoms with Gasteiger partial charge in [-0.15, -0.1) is 0 Å². The number of nitrogens with zero attached hydrogens (tertiary/aromatic N) is 2. The maximum absolute atomic E-state index is 12.6. The zero-order chi connectivity index (χ0) is 17.4. The highest BCUT2D eigenvalue weighted by molar-refractivity contribution is 5.94. The third kappa shape index (κ3) is 2.99. The van der Waals surface area contributed by atoms with E-state index in [-0.39, 0.29) is 24.5 Å². The molecule has 0 aliphatic carbocycles. The summed E-state index contributed by atoms with van der Waals surface area (Å²) in [5.41, 5.74) is 3.04. The number of ether oxygens (including phenoxy) is 1. The quantitative estimate of drug-likeness (QED) is 0.934. The van der Waals surface area contributed by atoms with Crippen LogP contribution in [0.4, 0.5) is 5.69 Å². The summed E-state index contributed by atoms with van der Waals surface area (Å²) in [5.74, 6) is 0.697. The van der Waals surface area contributed by atoms with E-state index >= 15 is 0 Å². The first kappa shape index (κ1) is 15.7. The first-order valence-corrected chi connectivity index (χ1v) is 8.62. The van der Waals surface area contributed by atoms with E-state index in [9.17, 15) is 9.59 Å². The van der Waals surface area contributed by atoms with Crippen molar-refractivity contribution in [2.45, 2.75) is 32.4 Å². The number of benzene rings is 1. The zero-order valence-electron chi connectivity index (χ0n) is 14.2. The lowest BCUT2D eigenvalue weighted by Crippen LogP contribution is -2.42. The van der Waals surface area contributed by atoms with Crippen LogP contribution in [0.25, 0.3) is 0 Å². The molecule has 2 aromatic rings. The van der Waals surface area contributed by atoms with Crippen LogP contribution in [0.15, 0.2) is 36.5 Å². The molecule has 1 N–H and O–H groups in total. The van der Waals surface area contributed by atoms with Gasteiger partial charge in [-0.2, -0.15) is 0 Å². The maximum Gasteiger partial charge on any atom is 0.261 e. The van der Waals surface area contributed by atoms with Crippen molar-refractivity contribution in [3.05, 3.63) is 47.8 Å². The lowest BCUT2D eigenvalue weighted by Gasteiger charge is -2.34. The lowest BCUT2D eigenvalue weighted by atomic mass is 10.0. The van der Waals surface area contributed by atoms with Crippen LogP contribution in [-0.4, -0.2) is 34.4 Å². The Balaban J connectivity index is 1.40. The van der Waals surface area contributed by atoms with E-state index in [1.165, 1.54) is 0 Å². The molecule has 130 valence electrons. The van der Waals surface area contributed by atoms with Gasteiger partial charge in [-0.05, 0) is 49.2 Å². The molecule has 3 heterocycles. The van der Waals surface area contributed by atoms with Gasteiger partial charge in [0.2, 0.25) is 5.91 Å². The van der Waals surface area contributed by atoms with Crippen molar-refractivity contribution in [1.82, 2.24) is 9.47 Å². The molecule has 1 aromatic carbocycles. The summed E-state index contributed by atoms with van der Waals surface area (Å²) in [7, 11) is 0. The fraction of sp³-hybridized carbons (Fsp3) is 0.368. The second kappa shape index (κ2) is 6.27. The second-order valence-electron chi connectivity index (χ2n) is 6.55. The van der Waals surface area contributed by atoms with Crippen LogP contribution in [0.3, 0.4) is 0 Å². The molecule has 6 heteroatoms. The molecule has 0 spiro atoms. The van der Waals surface area contributed by atoms with Gasteiger partial charge in [-0.1, -0.05) is 0 Å². The van der Waals surface area contributed by atoms with Gasteiger partial charge < -0.3 is 19.5 Å². The van der Waals surface area contributed by atoms with Crippen molar-refractivity contribution in [2.24, 2.45) is 0 Å². The Kier molecular flexibility index (Phi) is 3.95. The van der Waals surface area contributed by atoms with E-state index in [1.54, 1.807) is 6.07 Å². The van der Waals surface area contributed by atoms with E-state index in [0.29, 0.717) is 25.1 Å². The molecule has 6 nitrogen and oxygen atoms in total. The number of carbonyl (C=O) groups excluding carboxylic acids is 2. The number of hydrogen-bond donors (Lipinski definition) is 1. The highest BCUT2D eigenvalue weighted by Crippen LogP contribution is 2.28. The molecule has 4 rings (SSSR count). The van der Waals surface area contributed by atoms with Crippen molar-refractivity contribution >= 4 is 17.5 Å². The minimum atomic E-state index is -0.00836. The summed E-state index contributed by atoms with van der Waals surface area (Å²) in [6.07, 6.45) is 3.24. The van der Waals surface area contributed by atoms with Crippen LogP contribution in [0.1, 0.15) is 30.6 Å². The molecular weight excluding hydrogens is 318 g/mol. The molecule has 0 saturated heterocycles. The molecule has 1 atom stereocenters. The largest absolute Gasteiger partial charge is 0.484 e. The molecule has 0 unspecified atom stereocenters. The monoisotopic (exact) mass is 339 g/mol. The third-order valence-electron chi connectivity index (χ3n) is 5.00. The Hall–Kier alpha value is -2.76. The molecule has 1 aromatic heterocycles. The smallest absolute Gasteiger partial charge is 0.261 e. The normalized spacial score (nSPS) is 19.0. The average molecular weight is 339 g/mol. The molecule has 0 saturated carbocycles. The van der Waals surface area contributed by atoms with Gasteiger partial charge in [-0.25, -0.2) is 0 Å². The van der Waals surface area contributed by atoms with Gasteiger partial charge in [0.1, 0.15) is 5.75 Å². The molecule has 0 radical (unpaired) electrons. The molecule has 25 heavy (non-hydrogen) atoms. The minimum Gasteiger partial charge on any atom is -0.484 e. The fourth-order valence-corrected chi connectivity index (χ4v) is 3.60. The average Bonchev–Trinajstić information content (AvgIpc) is 3.09. The molecule has 0 fully saturated rings. The molecule has 2 aliphatic rings. The summed E-state index contributed by atoms with van der Waals surface area (Å²) < 4.78 is 7.91. The number of hydrogen-bond acceptors (Lipinski definition) is 3. The number of nitrogens with one attached hydrogen (secondary N) is 1. The van der Waals surface area contributed by atoms with Crippen molar-refractivity contribution in [3.63, 3.8) is 0 Å². The highest BCUT2D eigenvalue weighted by Gasteiger charge is 2.27. The van der Waals surface area contributed by atoms with Gasteiger partial charge in [0.25, 0.3) is 5.91 Å². The van der Waals surface area contributed by atoms with Gasteiger partial charge in [0, 0.05) is 37.1 Å². The van der Waals surface area contributed by atoms with Crippen molar-refractivity contribution in [2.75, 3.05) is 18.5 Å². The van der Waals surface area contributed by atoms with Gasteiger partial charge in [0.15, 0.2) is 6.61 Å². The highest BCUT2D eigenvalue weighted by atomic mass is 16.5. The van der Waals surface area contributed by atoms with Gasteiger partial charge in [-0.3, -0.25) is 9.59 Å². The molecule has 2 amide bonds. The Morgan fingerprint density at radius 1 is 1.28 bits per heavy atom. The Labute approximate surface area is 146 Å². The number of amides is 2. The molecular formula is C19H21N3O3. The molecule has 0 bridgehead atoms. The minimum absolute atomic E-state index is 0.00836. The first-order valence-electron chi connectivity index (χ1n) is 8.62. The SMILES string of the molecule is C[C@H]1c2cccn2CCN1C(=O)COc1ccc2c(c1)CCC(=O)N2. The Morgan fingerprint density at radius 2 is 2.16 bits per heavy atom. The summed E-state index contributed by atoms with van der Waals surface area (Å²) in [4.78, 5) is 25.9. The molecule has 2 aliphatic heterocycles. The zero-order valence-corrected chi connectivity index (χ0v) is 14.2. The second-order valence-corrected chi connectivity index (χ2v) is 6.55. The number of fused-ring (bicyclic) bond motifs is 2. The lowest BCUT2D eigenvalue weighted by molar-refractivity contribution is -0.136. The van der Waals surface area contributed by atoms with E-state index in [4.69, 9.17) is 4.74 Å². The summed E-state index contributed by atoms with van der Waals surface area (Å²) in [6, 6.07) is 9.67. The van der Waals surface area contributed by atoms with Crippen molar-refractivity contribution in [1.29, 1.82) is 0 Å².